The maximum Gasteiger partial charge on any atom is 0.221 e. The van der Waals surface area contributed by atoms with Crippen molar-refractivity contribution < 1.29 is 9.18 Å². The number of nitriles is 1. The molecule has 0 bridgehead atoms. The Morgan fingerprint density at radius 3 is 2.91 bits per heavy atom. The van der Waals surface area contributed by atoms with E-state index in [0.717, 1.165) is 5.69 Å². The maximum atomic E-state index is 13.9. The van der Waals surface area contributed by atoms with E-state index in [1.807, 2.05) is 11.6 Å². The standard InChI is InChI=1S/C16H18FN5O/c1-22-10-20-9-13(22)7-15(21-16(23)4-5-18)11-2-3-12(8-19)14(17)6-11/h2-3,6,9-10,15H,4-5,7,18H2,1H3,(H,21,23). The molecule has 0 fully saturated rings. The van der Waals surface area contributed by atoms with Crippen molar-refractivity contribution in [3.63, 3.8) is 0 Å². The number of aryl methyl sites for hydroxylation is 1. The first-order chi connectivity index (χ1) is 11.0. The van der Waals surface area contributed by atoms with Crippen molar-refractivity contribution in [1.29, 1.82) is 5.26 Å². The second kappa shape index (κ2) is 7.51. The lowest BCUT2D eigenvalue weighted by atomic mass is 10.00. The highest BCUT2D eigenvalue weighted by molar-refractivity contribution is 5.76. The van der Waals surface area contributed by atoms with E-state index in [9.17, 15) is 9.18 Å². The summed E-state index contributed by atoms with van der Waals surface area (Å²) in [5.41, 5.74) is 6.86. The summed E-state index contributed by atoms with van der Waals surface area (Å²) in [7, 11) is 1.85. The number of hydrogen-bond acceptors (Lipinski definition) is 4. The largest absolute Gasteiger partial charge is 0.349 e. The zero-order valence-electron chi connectivity index (χ0n) is 12.8. The summed E-state index contributed by atoms with van der Waals surface area (Å²) in [5, 5.41) is 11.7. The second-order valence-corrected chi connectivity index (χ2v) is 5.21. The van der Waals surface area contributed by atoms with Crippen LogP contribution in [0.25, 0.3) is 0 Å². The molecule has 0 spiro atoms. The Bertz CT molecular complexity index is 734. The van der Waals surface area contributed by atoms with Gasteiger partial charge in [0.25, 0.3) is 0 Å². The van der Waals surface area contributed by atoms with Gasteiger partial charge in [-0.15, -0.1) is 0 Å². The molecule has 0 saturated heterocycles. The monoisotopic (exact) mass is 315 g/mol. The number of amides is 1. The third kappa shape index (κ3) is 4.14. The van der Waals surface area contributed by atoms with Crippen molar-refractivity contribution in [2.75, 3.05) is 6.54 Å². The number of nitrogens with two attached hydrogens (primary N) is 1. The van der Waals surface area contributed by atoms with Crippen LogP contribution < -0.4 is 11.1 Å². The smallest absolute Gasteiger partial charge is 0.221 e. The molecule has 0 saturated carbocycles. The van der Waals surface area contributed by atoms with E-state index in [2.05, 4.69) is 10.3 Å². The second-order valence-electron chi connectivity index (χ2n) is 5.21. The van der Waals surface area contributed by atoms with E-state index < -0.39 is 11.9 Å². The van der Waals surface area contributed by atoms with Crippen LogP contribution in [0.1, 0.15) is 29.3 Å². The molecular weight excluding hydrogens is 297 g/mol. The van der Waals surface area contributed by atoms with Crippen LogP contribution >= 0.6 is 0 Å². The molecule has 1 aromatic carbocycles. The molecule has 1 amide bonds. The minimum Gasteiger partial charge on any atom is -0.349 e. The van der Waals surface area contributed by atoms with Gasteiger partial charge in [0.2, 0.25) is 5.91 Å². The Morgan fingerprint density at radius 2 is 2.35 bits per heavy atom. The van der Waals surface area contributed by atoms with Gasteiger partial charge >= 0.3 is 0 Å². The number of benzene rings is 1. The van der Waals surface area contributed by atoms with Gasteiger partial charge in [0.05, 0.1) is 17.9 Å². The molecule has 2 rings (SSSR count). The van der Waals surface area contributed by atoms with Crippen LogP contribution in [0, 0.1) is 17.1 Å². The Hall–Kier alpha value is -2.72. The lowest BCUT2D eigenvalue weighted by molar-refractivity contribution is -0.121. The van der Waals surface area contributed by atoms with Gasteiger partial charge in [0.15, 0.2) is 0 Å². The third-order valence-corrected chi connectivity index (χ3v) is 3.55. The SMILES string of the molecule is Cn1cncc1CC(NC(=O)CCN)c1ccc(C#N)c(F)c1. The van der Waals surface area contributed by atoms with Crippen molar-refractivity contribution >= 4 is 5.91 Å². The van der Waals surface area contributed by atoms with E-state index in [0.29, 0.717) is 12.0 Å². The molecule has 1 heterocycles. The fourth-order valence-electron chi connectivity index (χ4n) is 2.28. The summed E-state index contributed by atoms with van der Waals surface area (Å²) in [4.78, 5) is 15.9. The van der Waals surface area contributed by atoms with Crippen LogP contribution in [0.3, 0.4) is 0 Å². The van der Waals surface area contributed by atoms with Gasteiger partial charge in [-0.2, -0.15) is 5.26 Å². The van der Waals surface area contributed by atoms with Crippen LogP contribution in [0.2, 0.25) is 0 Å². The van der Waals surface area contributed by atoms with E-state index in [1.54, 1.807) is 24.7 Å². The summed E-state index contributed by atoms with van der Waals surface area (Å²) >= 11 is 0. The Kier molecular flexibility index (Phi) is 5.44. The van der Waals surface area contributed by atoms with Crippen LogP contribution in [-0.2, 0) is 18.3 Å². The number of nitrogens with zero attached hydrogens (tertiary/aromatic N) is 3. The average molecular weight is 315 g/mol. The van der Waals surface area contributed by atoms with Crippen LogP contribution in [-0.4, -0.2) is 22.0 Å². The van der Waals surface area contributed by atoms with Gasteiger partial charge in [-0.25, -0.2) is 9.37 Å². The van der Waals surface area contributed by atoms with E-state index >= 15 is 0 Å². The van der Waals surface area contributed by atoms with Crippen molar-refractivity contribution in [2.45, 2.75) is 18.9 Å². The molecule has 23 heavy (non-hydrogen) atoms. The number of imidazole rings is 1. The lowest BCUT2D eigenvalue weighted by Gasteiger charge is -2.20. The van der Waals surface area contributed by atoms with Crippen LogP contribution in [0.15, 0.2) is 30.7 Å². The molecule has 2 aromatic rings. The van der Waals surface area contributed by atoms with E-state index in [4.69, 9.17) is 11.0 Å². The first kappa shape index (κ1) is 16.6. The van der Waals surface area contributed by atoms with Crippen molar-refractivity contribution in [2.24, 2.45) is 12.8 Å². The lowest BCUT2D eigenvalue weighted by Crippen LogP contribution is -2.31. The van der Waals surface area contributed by atoms with Crippen LogP contribution in [0.5, 0.6) is 0 Å². The fourth-order valence-corrected chi connectivity index (χ4v) is 2.28. The Labute approximate surface area is 133 Å². The number of nitrogens with one attached hydrogen (secondary N) is 1. The third-order valence-electron chi connectivity index (χ3n) is 3.55. The van der Waals surface area contributed by atoms with Gasteiger partial charge in [0.1, 0.15) is 11.9 Å². The average Bonchev–Trinajstić information content (AvgIpc) is 2.92. The molecule has 1 aromatic heterocycles. The molecule has 0 radical (unpaired) electrons. The molecule has 3 N–H and O–H groups in total. The Morgan fingerprint density at radius 1 is 1.57 bits per heavy atom. The number of rotatable bonds is 6. The van der Waals surface area contributed by atoms with Crippen LogP contribution in [0.4, 0.5) is 4.39 Å². The predicted octanol–water partition coefficient (Wildman–Crippen LogP) is 1.18. The van der Waals surface area contributed by atoms with Crippen molar-refractivity contribution in [1.82, 2.24) is 14.9 Å². The highest BCUT2D eigenvalue weighted by Gasteiger charge is 2.18. The van der Waals surface area contributed by atoms with Crippen molar-refractivity contribution in [3.05, 3.63) is 53.4 Å². The zero-order chi connectivity index (χ0) is 16.8. The zero-order valence-corrected chi connectivity index (χ0v) is 12.8. The van der Waals surface area contributed by atoms with Crippen molar-refractivity contribution in [3.8, 4) is 6.07 Å². The molecule has 0 aliphatic carbocycles. The van der Waals surface area contributed by atoms with E-state index in [-0.39, 0.29) is 24.4 Å². The normalized spacial score (nSPS) is 11.7. The van der Waals surface area contributed by atoms with Gasteiger partial charge in [-0.1, -0.05) is 6.07 Å². The molecule has 7 heteroatoms. The van der Waals surface area contributed by atoms with Gasteiger partial charge in [0, 0.05) is 38.3 Å². The van der Waals surface area contributed by atoms with Gasteiger partial charge in [-0.3, -0.25) is 4.79 Å². The highest BCUT2D eigenvalue weighted by atomic mass is 19.1. The minimum atomic E-state index is -0.604. The number of aromatic nitrogens is 2. The molecule has 120 valence electrons. The molecule has 0 aliphatic heterocycles. The molecule has 0 aliphatic rings. The summed E-state index contributed by atoms with van der Waals surface area (Å²) in [6, 6.07) is 5.70. The summed E-state index contributed by atoms with van der Waals surface area (Å²) in [5.74, 6) is -0.808. The Balaban J connectivity index is 2.29. The summed E-state index contributed by atoms with van der Waals surface area (Å²) in [6.07, 6.45) is 4.01. The number of carbonyl (C=O) groups excluding carboxylic acids is 1. The minimum absolute atomic E-state index is 0.0266. The van der Waals surface area contributed by atoms with Gasteiger partial charge in [-0.05, 0) is 17.7 Å². The number of hydrogen-bond donors (Lipinski definition) is 2. The molecular formula is C16H18FN5O. The predicted molar refractivity (Wildman–Crippen MR) is 82.6 cm³/mol. The summed E-state index contributed by atoms with van der Waals surface area (Å²) < 4.78 is 15.7. The summed E-state index contributed by atoms with van der Waals surface area (Å²) in [6.45, 7) is 0.242. The molecule has 1 unspecified atom stereocenters. The van der Waals surface area contributed by atoms with Gasteiger partial charge < -0.3 is 15.6 Å². The fraction of sp³-hybridized carbons (Fsp3) is 0.312. The highest BCUT2D eigenvalue weighted by Crippen LogP contribution is 2.21. The topological polar surface area (TPSA) is 96.7 Å². The van der Waals surface area contributed by atoms with E-state index in [1.165, 1.54) is 12.1 Å². The number of carbonyl (C=O) groups is 1. The molecule has 1 atom stereocenters. The number of halogens is 1. The first-order valence-corrected chi connectivity index (χ1v) is 7.19. The molecule has 6 nitrogen and oxygen atoms in total. The first-order valence-electron chi connectivity index (χ1n) is 7.19. The maximum absolute atomic E-state index is 13.9. The quantitative estimate of drug-likeness (QED) is 0.836.